The summed E-state index contributed by atoms with van der Waals surface area (Å²) < 4.78 is 5.74. The second-order valence-corrected chi connectivity index (χ2v) is 16.8. The minimum atomic E-state index is 0.658. The Morgan fingerprint density at radius 3 is 1.87 bits per heavy atom. The van der Waals surface area contributed by atoms with E-state index in [2.05, 4.69) is 215 Å². The van der Waals surface area contributed by atoms with E-state index in [0.29, 0.717) is 5.95 Å². The number of benzene rings is 9. The Hall–Kier alpha value is -7.86. The first kappa shape index (κ1) is 34.0. The van der Waals surface area contributed by atoms with E-state index in [1.807, 2.05) is 0 Å². The summed E-state index contributed by atoms with van der Waals surface area (Å²) in [6.45, 7) is 0. The normalized spacial score (nSPS) is 11.9. The summed E-state index contributed by atoms with van der Waals surface area (Å²) in [5, 5.41) is 9.72. The van der Waals surface area contributed by atoms with Crippen LogP contribution in [-0.4, -0.2) is 19.1 Å². The zero-order valence-corrected chi connectivity index (χ0v) is 33.6. The third kappa shape index (κ3) is 5.24. The number of nitrogens with zero attached hydrogens (tertiary/aromatic N) is 4. The van der Waals surface area contributed by atoms with E-state index in [1.165, 1.54) is 70.1 Å². The lowest BCUT2D eigenvalue weighted by atomic mass is 9.99. The SMILES string of the molecule is c1ccc(-c2nc(-n3c4ccc(-c5ccc6c7ccccc7n(-c7ccccc7)c6c5)cc4c4c5ccccc5ccc43)nc3cc(-c4cccc5ccccc45)sc23)cc1. The van der Waals surface area contributed by atoms with Gasteiger partial charge in [-0.2, -0.15) is 0 Å². The predicted octanol–water partition coefficient (Wildman–Crippen LogP) is 15.2. The zero-order valence-electron chi connectivity index (χ0n) is 32.8. The largest absolute Gasteiger partial charge is 0.309 e. The van der Waals surface area contributed by atoms with Crippen molar-refractivity contribution in [3.63, 3.8) is 0 Å². The molecule has 0 aliphatic heterocycles. The summed E-state index contributed by atoms with van der Waals surface area (Å²) in [5.74, 6) is 0.658. The van der Waals surface area contributed by atoms with Crippen LogP contribution < -0.4 is 0 Å². The molecule has 0 fully saturated rings. The van der Waals surface area contributed by atoms with Crippen LogP contribution >= 0.6 is 11.3 Å². The van der Waals surface area contributed by atoms with E-state index in [1.54, 1.807) is 11.3 Å². The quantitative estimate of drug-likeness (QED) is 0.174. The Balaban J connectivity index is 1.06. The van der Waals surface area contributed by atoms with E-state index >= 15 is 0 Å². The Morgan fingerprint density at radius 1 is 0.377 bits per heavy atom. The van der Waals surface area contributed by atoms with E-state index < -0.39 is 0 Å². The van der Waals surface area contributed by atoms with Crippen molar-refractivity contribution in [3.05, 3.63) is 206 Å². The van der Waals surface area contributed by atoms with Crippen LogP contribution in [0.5, 0.6) is 0 Å². The Bertz CT molecular complexity index is 3870. The number of hydrogen-bond acceptors (Lipinski definition) is 3. The van der Waals surface area contributed by atoms with Crippen molar-refractivity contribution in [2.75, 3.05) is 0 Å². The van der Waals surface area contributed by atoms with Crippen LogP contribution in [0.1, 0.15) is 0 Å². The highest BCUT2D eigenvalue weighted by Gasteiger charge is 2.22. The van der Waals surface area contributed by atoms with Crippen molar-refractivity contribution in [1.29, 1.82) is 0 Å². The molecule has 0 unspecified atom stereocenters. The molecule has 0 aliphatic rings. The molecule has 13 aromatic rings. The third-order valence-corrected chi connectivity index (χ3v) is 13.5. The van der Waals surface area contributed by atoms with Crippen LogP contribution in [0.25, 0.3) is 120 Å². The Kier molecular flexibility index (Phi) is 7.44. The number of hydrogen-bond donors (Lipinski definition) is 0. The van der Waals surface area contributed by atoms with Crippen molar-refractivity contribution in [3.8, 4) is 44.5 Å². The Labute approximate surface area is 354 Å². The fourth-order valence-corrected chi connectivity index (χ4v) is 10.7. The van der Waals surface area contributed by atoms with Gasteiger partial charge in [-0.15, -0.1) is 11.3 Å². The molecule has 0 bridgehead atoms. The van der Waals surface area contributed by atoms with Gasteiger partial charge in [-0.25, -0.2) is 9.97 Å². The fourth-order valence-electron chi connectivity index (χ4n) is 9.57. The van der Waals surface area contributed by atoms with Gasteiger partial charge in [0.1, 0.15) is 0 Å². The molecule has 284 valence electrons. The second-order valence-electron chi connectivity index (χ2n) is 15.8. The number of aromatic nitrogens is 4. The van der Waals surface area contributed by atoms with Gasteiger partial charge in [0.25, 0.3) is 0 Å². The molecule has 0 N–H and O–H groups in total. The average Bonchev–Trinajstić information content (AvgIpc) is 4.01. The zero-order chi connectivity index (χ0) is 40.0. The van der Waals surface area contributed by atoms with Gasteiger partial charge in [0.15, 0.2) is 0 Å². The lowest BCUT2D eigenvalue weighted by molar-refractivity contribution is 1.02. The first-order valence-electron chi connectivity index (χ1n) is 20.7. The van der Waals surface area contributed by atoms with E-state index in [9.17, 15) is 0 Å². The maximum Gasteiger partial charge on any atom is 0.235 e. The molecule has 0 saturated carbocycles. The molecule has 4 heterocycles. The minimum absolute atomic E-state index is 0.658. The molecule has 0 saturated heterocycles. The maximum atomic E-state index is 5.50. The monoisotopic (exact) mass is 794 g/mol. The van der Waals surface area contributed by atoms with Crippen molar-refractivity contribution in [2.24, 2.45) is 0 Å². The first-order valence-corrected chi connectivity index (χ1v) is 21.5. The van der Waals surface area contributed by atoms with Gasteiger partial charge >= 0.3 is 0 Å². The highest BCUT2D eigenvalue weighted by atomic mass is 32.1. The Morgan fingerprint density at radius 2 is 1.02 bits per heavy atom. The van der Waals surface area contributed by atoms with Crippen LogP contribution in [0.15, 0.2) is 206 Å². The molecule has 13 rings (SSSR count). The topological polar surface area (TPSA) is 35.6 Å². The molecule has 0 atom stereocenters. The van der Waals surface area contributed by atoms with Gasteiger partial charge in [-0.1, -0.05) is 158 Å². The molecule has 61 heavy (non-hydrogen) atoms. The molecule has 0 radical (unpaired) electrons. The van der Waals surface area contributed by atoms with Crippen LogP contribution in [-0.2, 0) is 0 Å². The van der Waals surface area contributed by atoms with Crippen molar-refractivity contribution >= 4 is 86.7 Å². The second kappa shape index (κ2) is 13.3. The van der Waals surface area contributed by atoms with Crippen LogP contribution in [0.3, 0.4) is 0 Å². The fraction of sp³-hybridized carbons (Fsp3) is 0. The highest BCUT2D eigenvalue weighted by Crippen LogP contribution is 2.43. The van der Waals surface area contributed by atoms with E-state index in [0.717, 1.165) is 43.8 Å². The van der Waals surface area contributed by atoms with Crippen LogP contribution in [0.2, 0.25) is 0 Å². The molecule has 0 aliphatic carbocycles. The molecule has 4 nitrogen and oxygen atoms in total. The van der Waals surface area contributed by atoms with Crippen molar-refractivity contribution in [2.45, 2.75) is 0 Å². The van der Waals surface area contributed by atoms with E-state index in [4.69, 9.17) is 9.97 Å². The first-order chi connectivity index (χ1) is 30.2. The molecular weight excluding hydrogens is 761 g/mol. The molecule has 5 heteroatoms. The summed E-state index contributed by atoms with van der Waals surface area (Å²) in [5.41, 5.74) is 12.2. The van der Waals surface area contributed by atoms with Crippen LogP contribution in [0, 0.1) is 0 Å². The average molecular weight is 795 g/mol. The summed E-state index contributed by atoms with van der Waals surface area (Å²) in [4.78, 5) is 12.1. The number of thiophene rings is 1. The summed E-state index contributed by atoms with van der Waals surface area (Å²) in [6, 6.07) is 74.3. The predicted molar refractivity (Wildman–Crippen MR) is 257 cm³/mol. The smallest absolute Gasteiger partial charge is 0.235 e. The molecule has 0 amide bonds. The lowest BCUT2D eigenvalue weighted by Crippen LogP contribution is -2.02. The van der Waals surface area contributed by atoms with Gasteiger partial charge in [-0.3, -0.25) is 4.57 Å². The highest BCUT2D eigenvalue weighted by molar-refractivity contribution is 7.22. The van der Waals surface area contributed by atoms with Gasteiger partial charge in [0.2, 0.25) is 5.95 Å². The third-order valence-electron chi connectivity index (χ3n) is 12.3. The minimum Gasteiger partial charge on any atom is -0.309 e. The maximum absolute atomic E-state index is 5.50. The van der Waals surface area contributed by atoms with E-state index in [-0.39, 0.29) is 0 Å². The van der Waals surface area contributed by atoms with Gasteiger partial charge < -0.3 is 4.57 Å². The molecular formula is C56H34N4S. The molecule has 9 aromatic carbocycles. The van der Waals surface area contributed by atoms with Crippen molar-refractivity contribution < 1.29 is 0 Å². The standard InChI is InChI=1S/C56H34N4S/c1-3-16-37(17-4-1)54-55-47(34-52(61-55)45-24-13-18-35-14-7-9-21-41(35)45)57-56(58-54)60-49-30-28-38(32-46(49)53-42-22-10-8-15-36(42)27-31-50(53)60)39-26-29-44-43-23-11-12-25-48(43)59(51(44)33-39)40-19-5-2-6-20-40/h1-34H. The summed E-state index contributed by atoms with van der Waals surface area (Å²) in [6.07, 6.45) is 0. The van der Waals surface area contributed by atoms with Gasteiger partial charge in [0, 0.05) is 37.7 Å². The lowest BCUT2D eigenvalue weighted by Gasteiger charge is -2.10. The molecule has 0 spiro atoms. The van der Waals surface area contributed by atoms with Gasteiger partial charge in [-0.05, 0) is 86.8 Å². The summed E-state index contributed by atoms with van der Waals surface area (Å²) >= 11 is 1.77. The number of para-hydroxylation sites is 2. The van der Waals surface area contributed by atoms with Gasteiger partial charge in [0.05, 0.1) is 38.0 Å². The summed E-state index contributed by atoms with van der Waals surface area (Å²) in [7, 11) is 0. The number of rotatable bonds is 5. The van der Waals surface area contributed by atoms with Crippen LogP contribution in [0.4, 0.5) is 0 Å². The molecule has 4 aromatic heterocycles. The number of fused-ring (bicyclic) bond motifs is 10. The van der Waals surface area contributed by atoms with Crippen molar-refractivity contribution in [1.82, 2.24) is 19.1 Å².